The summed E-state index contributed by atoms with van der Waals surface area (Å²) < 4.78 is 0. The van der Waals surface area contributed by atoms with E-state index >= 15 is 0 Å². The van der Waals surface area contributed by atoms with Crippen LogP contribution in [0.1, 0.15) is 36.7 Å². The topological polar surface area (TPSA) is 37.4 Å². The van der Waals surface area contributed by atoms with E-state index in [4.69, 9.17) is 0 Å². The first-order chi connectivity index (χ1) is 8.84. The molecule has 0 spiro atoms. The minimum atomic E-state index is -0.383. The Morgan fingerprint density at radius 1 is 1.32 bits per heavy atom. The standard InChI is InChI=1S/C15H18BrNO2/c1-15(2,3)14(19)17-7-6-10-8-11(13(18)9-16)4-5-12(10)17/h4-5,8H,6-7,9H2,1-3H3. The van der Waals surface area contributed by atoms with Gasteiger partial charge in [0.2, 0.25) is 5.91 Å². The molecule has 0 aromatic heterocycles. The van der Waals surface area contributed by atoms with Gasteiger partial charge in [0.05, 0.1) is 5.33 Å². The molecule has 0 saturated carbocycles. The third kappa shape index (κ3) is 2.73. The summed E-state index contributed by atoms with van der Waals surface area (Å²) >= 11 is 3.18. The van der Waals surface area contributed by atoms with Crippen molar-refractivity contribution in [3.05, 3.63) is 29.3 Å². The Morgan fingerprint density at radius 3 is 2.58 bits per heavy atom. The molecule has 2 rings (SSSR count). The molecule has 1 aromatic carbocycles. The fraction of sp³-hybridized carbons (Fsp3) is 0.467. The van der Waals surface area contributed by atoms with Crippen LogP contribution in [0.2, 0.25) is 0 Å². The van der Waals surface area contributed by atoms with Gasteiger partial charge in [0.1, 0.15) is 0 Å². The number of carbonyl (C=O) groups excluding carboxylic acids is 2. The van der Waals surface area contributed by atoms with E-state index in [1.54, 1.807) is 6.07 Å². The van der Waals surface area contributed by atoms with Crippen molar-refractivity contribution in [3.63, 3.8) is 0 Å². The van der Waals surface area contributed by atoms with E-state index in [9.17, 15) is 9.59 Å². The highest BCUT2D eigenvalue weighted by Crippen LogP contribution is 2.32. The maximum Gasteiger partial charge on any atom is 0.232 e. The first kappa shape index (κ1) is 14.3. The van der Waals surface area contributed by atoms with Gasteiger partial charge in [0, 0.05) is 23.2 Å². The second kappa shape index (κ2) is 5.08. The highest BCUT2D eigenvalue weighted by molar-refractivity contribution is 9.09. The number of carbonyl (C=O) groups is 2. The van der Waals surface area contributed by atoms with Gasteiger partial charge in [-0.05, 0) is 30.2 Å². The lowest BCUT2D eigenvalue weighted by atomic mass is 9.94. The Hall–Kier alpha value is -1.16. The zero-order chi connectivity index (χ0) is 14.2. The number of alkyl halides is 1. The zero-order valence-corrected chi connectivity index (χ0v) is 13.1. The maximum absolute atomic E-state index is 12.4. The van der Waals surface area contributed by atoms with Gasteiger partial charge in [-0.15, -0.1) is 0 Å². The van der Waals surface area contributed by atoms with E-state index < -0.39 is 0 Å². The molecule has 0 fully saturated rings. The van der Waals surface area contributed by atoms with Gasteiger partial charge in [-0.1, -0.05) is 36.7 Å². The van der Waals surface area contributed by atoms with Crippen molar-refractivity contribution < 1.29 is 9.59 Å². The van der Waals surface area contributed by atoms with Gasteiger partial charge in [-0.2, -0.15) is 0 Å². The van der Waals surface area contributed by atoms with Crippen LogP contribution in [-0.4, -0.2) is 23.6 Å². The van der Waals surface area contributed by atoms with Crippen molar-refractivity contribution >= 4 is 33.3 Å². The predicted molar refractivity (Wildman–Crippen MR) is 80.1 cm³/mol. The number of benzene rings is 1. The lowest BCUT2D eigenvalue weighted by molar-refractivity contribution is -0.125. The van der Waals surface area contributed by atoms with Crippen LogP contribution in [0.4, 0.5) is 5.69 Å². The van der Waals surface area contributed by atoms with E-state index in [0.717, 1.165) is 17.7 Å². The number of hydrogen-bond donors (Lipinski definition) is 0. The number of amides is 1. The van der Waals surface area contributed by atoms with Crippen LogP contribution in [0.3, 0.4) is 0 Å². The lowest BCUT2D eigenvalue weighted by Crippen LogP contribution is -2.38. The van der Waals surface area contributed by atoms with Crippen LogP contribution < -0.4 is 4.90 Å². The van der Waals surface area contributed by atoms with Crippen molar-refractivity contribution in [3.8, 4) is 0 Å². The average Bonchev–Trinajstić information content (AvgIpc) is 2.78. The molecular formula is C15H18BrNO2. The van der Waals surface area contributed by atoms with Crippen LogP contribution in [0.5, 0.6) is 0 Å². The number of nitrogens with zero attached hydrogens (tertiary/aromatic N) is 1. The summed E-state index contributed by atoms with van der Waals surface area (Å²) in [6, 6.07) is 5.60. The Morgan fingerprint density at radius 2 is 2.00 bits per heavy atom. The first-order valence-electron chi connectivity index (χ1n) is 6.38. The monoisotopic (exact) mass is 323 g/mol. The quantitative estimate of drug-likeness (QED) is 0.619. The van der Waals surface area contributed by atoms with E-state index in [0.29, 0.717) is 17.4 Å². The molecule has 4 heteroatoms. The minimum Gasteiger partial charge on any atom is -0.311 e. The van der Waals surface area contributed by atoms with Crippen molar-refractivity contribution in [1.82, 2.24) is 0 Å². The summed E-state index contributed by atoms with van der Waals surface area (Å²) in [5.41, 5.74) is 2.36. The van der Waals surface area contributed by atoms with Crippen molar-refractivity contribution in [2.24, 2.45) is 5.41 Å². The predicted octanol–water partition coefficient (Wildman–Crippen LogP) is 3.20. The van der Waals surface area contributed by atoms with Crippen molar-refractivity contribution in [1.29, 1.82) is 0 Å². The van der Waals surface area contributed by atoms with Crippen LogP contribution >= 0.6 is 15.9 Å². The molecule has 1 amide bonds. The molecule has 0 N–H and O–H groups in total. The molecule has 0 unspecified atom stereocenters. The summed E-state index contributed by atoms with van der Waals surface area (Å²) in [4.78, 5) is 25.8. The van der Waals surface area contributed by atoms with Crippen molar-refractivity contribution in [2.45, 2.75) is 27.2 Å². The number of hydrogen-bond acceptors (Lipinski definition) is 2. The van der Waals surface area contributed by atoms with Crippen molar-refractivity contribution in [2.75, 3.05) is 16.8 Å². The number of ketones is 1. The van der Waals surface area contributed by atoms with Crippen LogP contribution in [0.25, 0.3) is 0 Å². The summed E-state index contributed by atoms with van der Waals surface area (Å²) in [5.74, 6) is 0.203. The van der Waals surface area contributed by atoms with Crippen LogP contribution in [0.15, 0.2) is 18.2 Å². The molecule has 0 radical (unpaired) electrons. The van der Waals surface area contributed by atoms with E-state index in [2.05, 4.69) is 15.9 Å². The van der Waals surface area contributed by atoms with Crippen LogP contribution in [-0.2, 0) is 11.2 Å². The third-order valence-corrected chi connectivity index (χ3v) is 3.81. The Balaban J connectivity index is 2.32. The minimum absolute atomic E-state index is 0.0726. The average molecular weight is 324 g/mol. The maximum atomic E-state index is 12.4. The molecule has 3 nitrogen and oxygen atoms in total. The van der Waals surface area contributed by atoms with Gasteiger partial charge >= 0.3 is 0 Å². The summed E-state index contributed by atoms with van der Waals surface area (Å²) in [5, 5.41) is 0.330. The molecule has 1 aliphatic rings. The van der Waals surface area contributed by atoms with Gasteiger partial charge in [0.15, 0.2) is 5.78 Å². The number of halogens is 1. The smallest absolute Gasteiger partial charge is 0.232 e. The molecule has 0 saturated heterocycles. The number of fused-ring (bicyclic) bond motifs is 1. The van der Waals surface area contributed by atoms with Gasteiger partial charge in [-0.3, -0.25) is 9.59 Å². The number of anilines is 1. The molecular weight excluding hydrogens is 306 g/mol. The van der Waals surface area contributed by atoms with Crippen LogP contribution in [0, 0.1) is 5.41 Å². The van der Waals surface area contributed by atoms with Gasteiger partial charge in [0.25, 0.3) is 0 Å². The van der Waals surface area contributed by atoms with Gasteiger partial charge in [-0.25, -0.2) is 0 Å². The Bertz CT molecular complexity index is 531. The zero-order valence-electron chi connectivity index (χ0n) is 11.5. The molecule has 0 atom stereocenters. The normalized spacial score (nSPS) is 14.4. The number of rotatable bonds is 2. The first-order valence-corrected chi connectivity index (χ1v) is 7.51. The highest BCUT2D eigenvalue weighted by Gasteiger charge is 2.32. The third-order valence-electron chi connectivity index (χ3n) is 3.31. The van der Waals surface area contributed by atoms with Gasteiger partial charge < -0.3 is 4.90 Å². The SMILES string of the molecule is CC(C)(C)C(=O)N1CCc2cc(C(=O)CBr)ccc21. The molecule has 0 bridgehead atoms. The Labute approximate surface area is 122 Å². The van der Waals surface area contributed by atoms with E-state index in [-0.39, 0.29) is 17.1 Å². The summed E-state index contributed by atoms with van der Waals surface area (Å²) in [6.07, 6.45) is 0.820. The fourth-order valence-electron chi connectivity index (χ4n) is 2.27. The molecule has 1 aliphatic heterocycles. The lowest BCUT2D eigenvalue weighted by Gasteiger charge is -2.26. The second-order valence-corrected chi connectivity index (χ2v) is 6.42. The van der Waals surface area contributed by atoms with E-state index in [1.807, 2.05) is 37.8 Å². The fourth-order valence-corrected chi connectivity index (χ4v) is 2.59. The molecule has 0 aliphatic carbocycles. The highest BCUT2D eigenvalue weighted by atomic mass is 79.9. The Kier molecular flexibility index (Phi) is 3.81. The second-order valence-electron chi connectivity index (χ2n) is 5.86. The summed E-state index contributed by atoms with van der Waals surface area (Å²) in [6.45, 7) is 6.49. The van der Waals surface area contributed by atoms with E-state index in [1.165, 1.54) is 0 Å². The molecule has 102 valence electrons. The molecule has 19 heavy (non-hydrogen) atoms. The summed E-state index contributed by atoms with van der Waals surface area (Å²) in [7, 11) is 0. The largest absolute Gasteiger partial charge is 0.311 e. The number of Topliss-reactive ketones (excluding diaryl/α,β-unsaturated/α-hetero) is 1. The molecule has 1 heterocycles. The molecule has 1 aromatic rings.